The van der Waals surface area contributed by atoms with Crippen LogP contribution < -0.4 is 10.6 Å². The summed E-state index contributed by atoms with van der Waals surface area (Å²) >= 11 is 0. The molecule has 3 heterocycles. The van der Waals surface area contributed by atoms with E-state index in [2.05, 4.69) is 10.6 Å². The van der Waals surface area contributed by atoms with Crippen LogP contribution in [-0.2, 0) is 9.53 Å². The zero-order chi connectivity index (χ0) is 12.6. The number of hydrogen-bond acceptors (Lipinski definition) is 4. The van der Waals surface area contributed by atoms with E-state index in [-0.39, 0.29) is 18.1 Å². The summed E-state index contributed by atoms with van der Waals surface area (Å²) in [6.07, 6.45) is 2.20. The number of carbonyl (C=O) groups is 1. The van der Waals surface area contributed by atoms with E-state index in [4.69, 9.17) is 4.74 Å². The molecule has 18 heavy (non-hydrogen) atoms. The number of amides is 1. The molecule has 0 saturated carbocycles. The molecule has 1 spiro atoms. The van der Waals surface area contributed by atoms with E-state index >= 15 is 0 Å². The quantitative estimate of drug-likeness (QED) is 0.666. The highest BCUT2D eigenvalue weighted by Gasteiger charge is 2.43. The van der Waals surface area contributed by atoms with E-state index in [9.17, 15) is 4.79 Å². The van der Waals surface area contributed by atoms with Crippen molar-refractivity contribution >= 4 is 5.91 Å². The van der Waals surface area contributed by atoms with Crippen molar-refractivity contribution in [3.63, 3.8) is 0 Å². The summed E-state index contributed by atoms with van der Waals surface area (Å²) in [7, 11) is 0. The van der Waals surface area contributed by atoms with Crippen molar-refractivity contribution < 1.29 is 9.53 Å². The highest BCUT2D eigenvalue weighted by molar-refractivity contribution is 5.81. The standard InChI is InChI=1S/C13H23N3O2/c1-10-6-15-7-11(18-10)12(17)16-5-3-13(9-16)2-4-14-8-13/h10-11,14-15H,2-9H2,1H3/t10-,11-,13?/m1/s1. The fourth-order valence-corrected chi connectivity index (χ4v) is 3.41. The highest BCUT2D eigenvalue weighted by atomic mass is 16.5. The number of rotatable bonds is 1. The van der Waals surface area contributed by atoms with E-state index < -0.39 is 0 Å². The van der Waals surface area contributed by atoms with Crippen LogP contribution in [0.1, 0.15) is 19.8 Å². The molecule has 2 N–H and O–H groups in total. The molecule has 3 saturated heterocycles. The molecule has 0 aromatic rings. The third kappa shape index (κ3) is 2.27. The molecule has 0 aromatic carbocycles. The molecule has 3 rings (SSSR count). The normalized spacial score (nSPS) is 40.6. The summed E-state index contributed by atoms with van der Waals surface area (Å²) < 4.78 is 5.74. The Morgan fingerprint density at radius 2 is 2.22 bits per heavy atom. The fraction of sp³-hybridized carbons (Fsp3) is 0.923. The summed E-state index contributed by atoms with van der Waals surface area (Å²) in [5.74, 6) is 0.179. The summed E-state index contributed by atoms with van der Waals surface area (Å²) in [6.45, 7) is 7.49. The van der Waals surface area contributed by atoms with Crippen molar-refractivity contribution in [1.29, 1.82) is 0 Å². The first kappa shape index (κ1) is 12.4. The van der Waals surface area contributed by atoms with E-state index in [1.165, 1.54) is 6.42 Å². The lowest BCUT2D eigenvalue weighted by Gasteiger charge is -2.31. The van der Waals surface area contributed by atoms with Gasteiger partial charge in [-0.15, -0.1) is 0 Å². The van der Waals surface area contributed by atoms with Crippen molar-refractivity contribution in [2.24, 2.45) is 5.41 Å². The second-order valence-electron chi connectivity index (χ2n) is 6.03. The third-order valence-electron chi connectivity index (χ3n) is 4.52. The van der Waals surface area contributed by atoms with Gasteiger partial charge in [0, 0.05) is 38.1 Å². The number of morpholine rings is 1. The maximum atomic E-state index is 12.4. The van der Waals surface area contributed by atoms with Crippen LogP contribution in [0.15, 0.2) is 0 Å². The molecule has 3 aliphatic heterocycles. The predicted octanol–water partition coefficient (Wildman–Crippen LogP) is -0.425. The van der Waals surface area contributed by atoms with Gasteiger partial charge < -0.3 is 20.3 Å². The van der Waals surface area contributed by atoms with Gasteiger partial charge >= 0.3 is 0 Å². The molecular formula is C13H23N3O2. The fourth-order valence-electron chi connectivity index (χ4n) is 3.41. The molecule has 0 bridgehead atoms. The van der Waals surface area contributed by atoms with Crippen molar-refractivity contribution in [2.75, 3.05) is 39.3 Å². The number of ether oxygens (including phenoxy) is 1. The molecule has 3 aliphatic rings. The van der Waals surface area contributed by atoms with Crippen molar-refractivity contribution in [3.8, 4) is 0 Å². The minimum atomic E-state index is -0.279. The van der Waals surface area contributed by atoms with Gasteiger partial charge in [-0.3, -0.25) is 4.79 Å². The first-order valence-electron chi connectivity index (χ1n) is 7.04. The number of likely N-dealkylation sites (tertiary alicyclic amines) is 1. The van der Waals surface area contributed by atoms with E-state index in [0.717, 1.165) is 39.1 Å². The molecule has 3 atom stereocenters. The summed E-state index contributed by atoms with van der Waals surface area (Å²) in [4.78, 5) is 14.4. The van der Waals surface area contributed by atoms with Crippen LogP contribution in [0.4, 0.5) is 0 Å². The second kappa shape index (κ2) is 4.79. The van der Waals surface area contributed by atoms with E-state index in [1.807, 2.05) is 11.8 Å². The van der Waals surface area contributed by atoms with Gasteiger partial charge in [0.2, 0.25) is 0 Å². The zero-order valence-corrected chi connectivity index (χ0v) is 11.1. The summed E-state index contributed by atoms with van der Waals surface area (Å²) in [5, 5.41) is 6.68. The van der Waals surface area contributed by atoms with Crippen molar-refractivity contribution in [3.05, 3.63) is 0 Å². The molecular weight excluding hydrogens is 230 g/mol. The van der Waals surface area contributed by atoms with Crippen LogP contribution in [0.2, 0.25) is 0 Å². The SMILES string of the molecule is C[C@@H]1CNC[C@H](C(=O)N2CCC3(CCNC3)C2)O1. The Hall–Kier alpha value is -0.650. The molecule has 5 heteroatoms. The topological polar surface area (TPSA) is 53.6 Å². The molecule has 1 amide bonds. The number of carbonyl (C=O) groups excluding carboxylic acids is 1. The lowest BCUT2D eigenvalue weighted by atomic mass is 9.86. The Morgan fingerprint density at radius 1 is 1.33 bits per heavy atom. The molecule has 0 aromatic heterocycles. The highest BCUT2D eigenvalue weighted by Crippen LogP contribution is 2.36. The van der Waals surface area contributed by atoms with Crippen LogP contribution in [0.25, 0.3) is 0 Å². The zero-order valence-electron chi connectivity index (χ0n) is 11.1. The minimum Gasteiger partial charge on any atom is -0.363 e. The Morgan fingerprint density at radius 3 is 2.94 bits per heavy atom. The summed E-state index contributed by atoms with van der Waals surface area (Å²) in [5.41, 5.74) is 0.351. The molecule has 0 aliphatic carbocycles. The lowest BCUT2D eigenvalue weighted by molar-refractivity contribution is -0.148. The maximum Gasteiger partial charge on any atom is 0.253 e. The number of nitrogens with zero attached hydrogens (tertiary/aromatic N) is 1. The average molecular weight is 253 g/mol. The third-order valence-corrected chi connectivity index (χ3v) is 4.52. The summed E-state index contributed by atoms with van der Waals surface area (Å²) in [6, 6.07) is 0. The molecule has 1 unspecified atom stereocenters. The van der Waals surface area contributed by atoms with Crippen LogP contribution in [0.5, 0.6) is 0 Å². The van der Waals surface area contributed by atoms with E-state index in [0.29, 0.717) is 12.0 Å². The minimum absolute atomic E-state index is 0.136. The molecule has 0 radical (unpaired) electrons. The van der Waals surface area contributed by atoms with E-state index in [1.54, 1.807) is 0 Å². The molecule has 5 nitrogen and oxygen atoms in total. The Balaban J connectivity index is 1.60. The van der Waals surface area contributed by atoms with Gasteiger partial charge in [-0.05, 0) is 26.3 Å². The van der Waals surface area contributed by atoms with Gasteiger partial charge in [-0.2, -0.15) is 0 Å². The Bertz CT molecular complexity index is 328. The van der Waals surface area contributed by atoms with Gasteiger partial charge in [0.15, 0.2) is 0 Å². The number of nitrogens with one attached hydrogen (secondary N) is 2. The molecule has 3 fully saturated rings. The van der Waals surface area contributed by atoms with Gasteiger partial charge in [0.05, 0.1) is 6.10 Å². The number of hydrogen-bond donors (Lipinski definition) is 2. The molecule has 102 valence electrons. The van der Waals surface area contributed by atoms with Gasteiger partial charge in [-0.1, -0.05) is 0 Å². The van der Waals surface area contributed by atoms with Crippen LogP contribution in [-0.4, -0.2) is 62.3 Å². The first-order chi connectivity index (χ1) is 8.69. The second-order valence-corrected chi connectivity index (χ2v) is 6.03. The van der Waals surface area contributed by atoms with Gasteiger partial charge in [-0.25, -0.2) is 0 Å². The Kier molecular flexibility index (Phi) is 3.30. The first-order valence-corrected chi connectivity index (χ1v) is 7.04. The maximum absolute atomic E-state index is 12.4. The van der Waals surface area contributed by atoms with Crippen LogP contribution >= 0.6 is 0 Å². The van der Waals surface area contributed by atoms with Gasteiger partial charge in [0.25, 0.3) is 5.91 Å². The van der Waals surface area contributed by atoms with Gasteiger partial charge in [0.1, 0.15) is 6.10 Å². The smallest absolute Gasteiger partial charge is 0.253 e. The average Bonchev–Trinajstić information content (AvgIpc) is 3.00. The monoisotopic (exact) mass is 253 g/mol. The van der Waals surface area contributed by atoms with Crippen molar-refractivity contribution in [2.45, 2.75) is 32.0 Å². The van der Waals surface area contributed by atoms with Crippen LogP contribution in [0, 0.1) is 5.41 Å². The Labute approximate surface area is 108 Å². The lowest BCUT2D eigenvalue weighted by Crippen LogP contribution is -2.51. The van der Waals surface area contributed by atoms with Crippen molar-refractivity contribution in [1.82, 2.24) is 15.5 Å². The largest absolute Gasteiger partial charge is 0.363 e. The van der Waals surface area contributed by atoms with Crippen LogP contribution in [0.3, 0.4) is 0 Å². The predicted molar refractivity (Wildman–Crippen MR) is 68.3 cm³/mol.